The van der Waals surface area contributed by atoms with Crippen LogP contribution in [0.4, 0.5) is 11.4 Å². The molecule has 0 unspecified atom stereocenters. The average molecular weight is 289 g/mol. The summed E-state index contributed by atoms with van der Waals surface area (Å²) in [5, 5.41) is 0.525. The van der Waals surface area contributed by atoms with Crippen LogP contribution in [0.5, 0.6) is 0 Å². The summed E-state index contributed by atoms with van der Waals surface area (Å²) in [7, 11) is 0. The van der Waals surface area contributed by atoms with Crippen LogP contribution in [0.15, 0.2) is 42.5 Å². The fourth-order valence-corrected chi connectivity index (χ4v) is 2.22. The molecule has 0 aliphatic rings. The number of carbonyl (C=O) groups excluding carboxylic acids is 1. The Morgan fingerprint density at radius 1 is 1.20 bits per heavy atom. The van der Waals surface area contributed by atoms with Crippen LogP contribution in [0.25, 0.3) is 0 Å². The number of nitrogens with zero attached hydrogens (tertiary/aromatic N) is 1. The lowest BCUT2D eigenvalue weighted by Gasteiger charge is -2.22. The van der Waals surface area contributed by atoms with E-state index < -0.39 is 0 Å². The molecule has 0 bridgehead atoms. The number of benzene rings is 2. The monoisotopic (exact) mass is 288 g/mol. The van der Waals surface area contributed by atoms with Gasteiger partial charge in [-0.25, -0.2) is 0 Å². The Hall–Kier alpha value is -2.00. The number of halogens is 1. The van der Waals surface area contributed by atoms with Gasteiger partial charge in [0.15, 0.2) is 0 Å². The van der Waals surface area contributed by atoms with E-state index in [-0.39, 0.29) is 5.91 Å². The lowest BCUT2D eigenvalue weighted by molar-refractivity contribution is 0.0989. The predicted molar refractivity (Wildman–Crippen MR) is 84.4 cm³/mol. The van der Waals surface area contributed by atoms with Gasteiger partial charge in [0.1, 0.15) is 0 Å². The largest absolute Gasteiger partial charge is 0.398 e. The minimum Gasteiger partial charge on any atom is -0.398 e. The summed E-state index contributed by atoms with van der Waals surface area (Å²) in [6.45, 7) is 4.52. The van der Waals surface area contributed by atoms with Crippen LogP contribution in [0.2, 0.25) is 5.02 Å². The molecule has 104 valence electrons. The van der Waals surface area contributed by atoms with Crippen LogP contribution in [-0.2, 0) is 0 Å². The molecule has 1 amide bonds. The Bertz CT molecular complexity index is 623. The topological polar surface area (TPSA) is 46.3 Å². The Morgan fingerprint density at radius 2 is 1.85 bits per heavy atom. The number of aryl methyl sites for hydroxylation is 1. The first-order valence-electron chi connectivity index (χ1n) is 6.46. The predicted octanol–water partition coefficient (Wildman–Crippen LogP) is 3.90. The average Bonchev–Trinajstić information content (AvgIpc) is 2.41. The first-order chi connectivity index (χ1) is 9.52. The zero-order chi connectivity index (χ0) is 14.7. The molecule has 0 saturated heterocycles. The maximum atomic E-state index is 12.6. The second-order valence-electron chi connectivity index (χ2n) is 4.62. The summed E-state index contributed by atoms with van der Waals surface area (Å²) in [6, 6.07) is 12.8. The zero-order valence-electron chi connectivity index (χ0n) is 11.6. The summed E-state index contributed by atoms with van der Waals surface area (Å²) in [4.78, 5) is 14.3. The third-order valence-electron chi connectivity index (χ3n) is 3.15. The number of rotatable bonds is 3. The summed E-state index contributed by atoms with van der Waals surface area (Å²) in [5.74, 6) is -0.120. The molecule has 2 rings (SSSR count). The molecule has 2 aromatic rings. The van der Waals surface area contributed by atoms with Crippen LogP contribution in [-0.4, -0.2) is 12.5 Å². The molecule has 2 aromatic carbocycles. The van der Waals surface area contributed by atoms with E-state index in [0.29, 0.717) is 22.8 Å². The first-order valence-corrected chi connectivity index (χ1v) is 6.84. The van der Waals surface area contributed by atoms with Crippen LogP contribution >= 0.6 is 11.6 Å². The molecule has 0 spiro atoms. The highest BCUT2D eigenvalue weighted by Gasteiger charge is 2.18. The normalized spacial score (nSPS) is 10.3. The number of amides is 1. The van der Waals surface area contributed by atoms with Crippen LogP contribution in [0, 0.1) is 6.92 Å². The van der Waals surface area contributed by atoms with E-state index in [1.807, 2.05) is 38.1 Å². The van der Waals surface area contributed by atoms with Crippen LogP contribution in [0.1, 0.15) is 22.8 Å². The van der Waals surface area contributed by atoms with Gasteiger partial charge in [-0.05, 0) is 44.2 Å². The molecule has 0 aliphatic carbocycles. The molecule has 0 aliphatic heterocycles. The lowest BCUT2D eigenvalue weighted by Crippen LogP contribution is -2.31. The van der Waals surface area contributed by atoms with E-state index in [1.54, 1.807) is 23.1 Å². The maximum Gasteiger partial charge on any atom is 0.260 e. The molecule has 0 fully saturated rings. The van der Waals surface area contributed by atoms with Crippen molar-refractivity contribution in [2.75, 3.05) is 17.2 Å². The van der Waals surface area contributed by atoms with Gasteiger partial charge in [0.25, 0.3) is 5.91 Å². The van der Waals surface area contributed by atoms with Gasteiger partial charge in [-0.1, -0.05) is 29.3 Å². The first kappa shape index (κ1) is 14.4. The van der Waals surface area contributed by atoms with Gasteiger partial charge in [0.2, 0.25) is 0 Å². The summed E-state index contributed by atoms with van der Waals surface area (Å²) >= 11 is 5.86. The molecule has 20 heavy (non-hydrogen) atoms. The molecule has 0 saturated carbocycles. The molecule has 0 heterocycles. The van der Waals surface area contributed by atoms with Gasteiger partial charge in [0.05, 0.1) is 5.56 Å². The number of nitrogens with two attached hydrogens (primary N) is 1. The summed E-state index contributed by atoms with van der Waals surface area (Å²) < 4.78 is 0. The standard InChI is InChI=1S/C16H17ClN2O/c1-3-19(13-7-4-11(2)5-8-13)16(20)14-9-6-12(17)10-15(14)18/h4-10H,3,18H2,1-2H3. The van der Waals surface area contributed by atoms with Crippen LogP contribution in [0.3, 0.4) is 0 Å². The molecular formula is C16H17ClN2O. The maximum absolute atomic E-state index is 12.6. The van der Waals surface area contributed by atoms with Crippen molar-refractivity contribution in [3.8, 4) is 0 Å². The van der Waals surface area contributed by atoms with Crippen molar-refractivity contribution in [3.05, 3.63) is 58.6 Å². The SMILES string of the molecule is CCN(C(=O)c1ccc(Cl)cc1N)c1ccc(C)cc1. The highest BCUT2D eigenvalue weighted by molar-refractivity contribution is 6.31. The number of carbonyl (C=O) groups is 1. The van der Waals surface area contributed by atoms with Crippen molar-refractivity contribution < 1.29 is 4.79 Å². The van der Waals surface area contributed by atoms with Crippen LogP contribution < -0.4 is 10.6 Å². The zero-order valence-corrected chi connectivity index (χ0v) is 12.3. The molecule has 3 nitrogen and oxygen atoms in total. The highest BCUT2D eigenvalue weighted by atomic mass is 35.5. The third-order valence-corrected chi connectivity index (χ3v) is 3.39. The highest BCUT2D eigenvalue weighted by Crippen LogP contribution is 2.23. The molecule has 0 aromatic heterocycles. The van der Waals surface area contributed by atoms with Gasteiger partial charge in [0, 0.05) is 22.9 Å². The Kier molecular flexibility index (Phi) is 4.30. The van der Waals surface area contributed by atoms with Crippen molar-refractivity contribution in [3.63, 3.8) is 0 Å². The Morgan fingerprint density at radius 3 is 2.40 bits per heavy atom. The second-order valence-corrected chi connectivity index (χ2v) is 5.05. The second kappa shape index (κ2) is 5.97. The number of hydrogen-bond donors (Lipinski definition) is 1. The van der Waals surface area contributed by atoms with E-state index in [2.05, 4.69) is 0 Å². The minimum atomic E-state index is -0.120. The van der Waals surface area contributed by atoms with Gasteiger partial charge in [-0.2, -0.15) is 0 Å². The molecule has 2 N–H and O–H groups in total. The van der Waals surface area contributed by atoms with E-state index in [4.69, 9.17) is 17.3 Å². The Balaban J connectivity index is 2.36. The van der Waals surface area contributed by atoms with E-state index in [1.165, 1.54) is 0 Å². The summed E-state index contributed by atoms with van der Waals surface area (Å²) in [6.07, 6.45) is 0. The van der Waals surface area contributed by atoms with Crippen molar-refractivity contribution in [1.82, 2.24) is 0 Å². The number of hydrogen-bond acceptors (Lipinski definition) is 2. The third kappa shape index (κ3) is 2.94. The van der Waals surface area contributed by atoms with Crippen molar-refractivity contribution >= 4 is 28.9 Å². The Labute approximate surface area is 124 Å². The van der Waals surface area contributed by atoms with E-state index in [0.717, 1.165) is 11.3 Å². The van der Waals surface area contributed by atoms with Crippen molar-refractivity contribution in [1.29, 1.82) is 0 Å². The molecular weight excluding hydrogens is 272 g/mol. The smallest absolute Gasteiger partial charge is 0.260 e. The molecule has 0 atom stereocenters. The molecule has 4 heteroatoms. The quantitative estimate of drug-likeness (QED) is 0.871. The van der Waals surface area contributed by atoms with Crippen molar-refractivity contribution in [2.45, 2.75) is 13.8 Å². The lowest BCUT2D eigenvalue weighted by atomic mass is 10.1. The number of nitrogen functional groups attached to an aromatic ring is 1. The number of anilines is 2. The fourth-order valence-electron chi connectivity index (χ4n) is 2.04. The van der Waals surface area contributed by atoms with Gasteiger partial charge < -0.3 is 10.6 Å². The van der Waals surface area contributed by atoms with Crippen molar-refractivity contribution in [2.24, 2.45) is 0 Å². The molecule has 0 radical (unpaired) electrons. The fraction of sp³-hybridized carbons (Fsp3) is 0.188. The van der Waals surface area contributed by atoms with Gasteiger partial charge in [-0.3, -0.25) is 4.79 Å². The van der Waals surface area contributed by atoms with Gasteiger partial charge in [-0.15, -0.1) is 0 Å². The van der Waals surface area contributed by atoms with E-state index >= 15 is 0 Å². The van der Waals surface area contributed by atoms with E-state index in [9.17, 15) is 4.79 Å². The minimum absolute atomic E-state index is 0.120. The van der Waals surface area contributed by atoms with Gasteiger partial charge >= 0.3 is 0 Å². The summed E-state index contributed by atoms with van der Waals surface area (Å²) in [5.41, 5.74) is 8.77.